The van der Waals surface area contributed by atoms with Crippen molar-refractivity contribution in [2.24, 2.45) is 0 Å². The molecule has 0 radical (unpaired) electrons. The minimum Gasteiger partial charge on any atom is -0.196 e. The summed E-state index contributed by atoms with van der Waals surface area (Å²) in [6, 6.07) is 17.8. The molecule has 124 valence electrons. The van der Waals surface area contributed by atoms with Gasteiger partial charge in [-0.3, -0.25) is 0 Å². The van der Waals surface area contributed by atoms with Crippen molar-refractivity contribution in [2.45, 2.75) is 17.8 Å². The van der Waals surface area contributed by atoms with Crippen LogP contribution in [0.2, 0.25) is 0 Å². The zero-order valence-corrected chi connectivity index (χ0v) is 14.2. The van der Waals surface area contributed by atoms with Crippen molar-refractivity contribution in [3.8, 4) is 11.4 Å². The highest BCUT2D eigenvalue weighted by atomic mass is 32.2. The largest absolute Gasteiger partial charge is 0.214 e. The van der Waals surface area contributed by atoms with E-state index < -0.39 is 0 Å². The van der Waals surface area contributed by atoms with Crippen LogP contribution < -0.4 is 0 Å². The van der Waals surface area contributed by atoms with E-state index in [0.29, 0.717) is 10.9 Å². The molecule has 0 spiro atoms. The molecule has 0 saturated carbocycles. The molecule has 0 aliphatic heterocycles. The van der Waals surface area contributed by atoms with Gasteiger partial charge in [-0.05, 0) is 57.6 Å². The lowest BCUT2D eigenvalue weighted by Gasteiger charge is -2.06. The summed E-state index contributed by atoms with van der Waals surface area (Å²) in [5.41, 5.74) is 2.99. The van der Waals surface area contributed by atoms with Gasteiger partial charge < -0.3 is 0 Å². The van der Waals surface area contributed by atoms with Crippen molar-refractivity contribution in [2.75, 3.05) is 0 Å². The molecule has 25 heavy (non-hydrogen) atoms. The van der Waals surface area contributed by atoms with E-state index in [-0.39, 0.29) is 0 Å². The Bertz CT molecular complexity index is 978. The molecule has 0 N–H and O–H groups in total. The molecule has 0 fully saturated rings. The van der Waals surface area contributed by atoms with Gasteiger partial charge in [0.15, 0.2) is 5.82 Å². The number of hydrogen-bond donors (Lipinski definition) is 0. The Hall–Kier alpha value is -3.07. The zero-order valence-electron chi connectivity index (χ0n) is 13.4. The summed E-state index contributed by atoms with van der Waals surface area (Å²) >= 11 is 1.48. The predicted molar refractivity (Wildman–Crippen MR) is 92.6 cm³/mol. The standard InChI is InChI=1S/C16H14N8S/c1-12-6-5-9-14(10-12)24-16(18-20-22-24)25-11-15-17-19-21-23(15)13-7-3-2-4-8-13/h2-10H,11H2,1H3. The molecule has 2 aromatic carbocycles. The van der Waals surface area contributed by atoms with Crippen LogP contribution in [-0.4, -0.2) is 40.4 Å². The van der Waals surface area contributed by atoms with E-state index in [1.54, 1.807) is 9.36 Å². The van der Waals surface area contributed by atoms with E-state index in [1.165, 1.54) is 11.8 Å². The Morgan fingerprint density at radius 3 is 2.44 bits per heavy atom. The smallest absolute Gasteiger partial charge is 0.196 e. The molecule has 2 heterocycles. The van der Waals surface area contributed by atoms with Gasteiger partial charge in [-0.25, -0.2) is 0 Å². The number of aromatic nitrogens is 8. The number of aryl methyl sites for hydroxylation is 1. The number of tetrazole rings is 2. The highest BCUT2D eigenvalue weighted by Crippen LogP contribution is 2.22. The van der Waals surface area contributed by atoms with Crippen LogP contribution in [0.15, 0.2) is 59.8 Å². The molecule has 9 heteroatoms. The molecule has 0 aliphatic rings. The van der Waals surface area contributed by atoms with Crippen LogP contribution in [-0.2, 0) is 5.75 Å². The highest BCUT2D eigenvalue weighted by molar-refractivity contribution is 7.98. The predicted octanol–water partition coefficient (Wildman–Crippen LogP) is 2.24. The topological polar surface area (TPSA) is 87.2 Å². The van der Waals surface area contributed by atoms with Crippen LogP contribution >= 0.6 is 11.8 Å². The average molecular weight is 350 g/mol. The van der Waals surface area contributed by atoms with Crippen LogP contribution in [0.3, 0.4) is 0 Å². The van der Waals surface area contributed by atoms with Gasteiger partial charge in [-0.1, -0.05) is 42.1 Å². The normalized spacial score (nSPS) is 10.9. The minimum atomic E-state index is 0.550. The summed E-state index contributed by atoms with van der Waals surface area (Å²) in [6.45, 7) is 2.04. The highest BCUT2D eigenvalue weighted by Gasteiger charge is 2.13. The Kier molecular flexibility index (Phi) is 4.21. The van der Waals surface area contributed by atoms with Gasteiger partial charge in [-0.2, -0.15) is 9.36 Å². The third kappa shape index (κ3) is 3.26. The third-order valence-corrected chi connectivity index (χ3v) is 4.47. The lowest BCUT2D eigenvalue weighted by molar-refractivity contribution is 0.754. The summed E-state index contributed by atoms with van der Waals surface area (Å²) in [5.74, 6) is 1.28. The maximum atomic E-state index is 4.11. The van der Waals surface area contributed by atoms with Gasteiger partial charge in [0.2, 0.25) is 5.16 Å². The summed E-state index contributed by atoms with van der Waals surface area (Å²) < 4.78 is 3.43. The van der Waals surface area contributed by atoms with E-state index in [4.69, 9.17) is 0 Å². The Morgan fingerprint density at radius 2 is 1.60 bits per heavy atom. The van der Waals surface area contributed by atoms with Gasteiger partial charge in [0, 0.05) is 0 Å². The van der Waals surface area contributed by atoms with Gasteiger partial charge >= 0.3 is 0 Å². The number of hydrogen-bond acceptors (Lipinski definition) is 7. The van der Waals surface area contributed by atoms with Gasteiger partial charge in [0.25, 0.3) is 0 Å². The number of nitrogens with zero attached hydrogens (tertiary/aromatic N) is 8. The molecular weight excluding hydrogens is 336 g/mol. The minimum absolute atomic E-state index is 0.550. The fourth-order valence-electron chi connectivity index (χ4n) is 2.39. The van der Waals surface area contributed by atoms with E-state index in [2.05, 4.69) is 31.1 Å². The monoisotopic (exact) mass is 350 g/mol. The summed E-state index contributed by atoms with van der Waals surface area (Å²) in [7, 11) is 0. The molecule has 0 unspecified atom stereocenters. The molecule has 0 amide bonds. The molecule has 4 aromatic rings. The van der Waals surface area contributed by atoms with Gasteiger partial charge in [-0.15, -0.1) is 10.2 Å². The average Bonchev–Trinajstić information content (AvgIpc) is 3.30. The lowest BCUT2D eigenvalue weighted by Crippen LogP contribution is -2.03. The van der Waals surface area contributed by atoms with Crippen molar-refractivity contribution >= 4 is 11.8 Å². The van der Waals surface area contributed by atoms with Crippen molar-refractivity contribution in [3.63, 3.8) is 0 Å². The maximum Gasteiger partial charge on any atom is 0.214 e. The quantitative estimate of drug-likeness (QED) is 0.510. The second kappa shape index (κ2) is 6.81. The molecule has 0 atom stereocenters. The lowest BCUT2D eigenvalue weighted by atomic mass is 10.2. The van der Waals surface area contributed by atoms with Crippen molar-refractivity contribution in [1.29, 1.82) is 0 Å². The zero-order chi connectivity index (χ0) is 17.1. The maximum absolute atomic E-state index is 4.11. The first-order valence-electron chi connectivity index (χ1n) is 7.62. The SMILES string of the molecule is Cc1cccc(-n2nnnc2SCc2nnnn2-c2ccccc2)c1. The first kappa shape index (κ1) is 15.5. The van der Waals surface area contributed by atoms with Crippen LogP contribution in [0.1, 0.15) is 11.4 Å². The third-order valence-electron chi connectivity index (χ3n) is 3.55. The molecule has 0 aliphatic carbocycles. The summed E-state index contributed by atoms with van der Waals surface area (Å²) in [5, 5.41) is 24.6. The Labute approximate surface area is 147 Å². The number of rotatable bonds is 5. The van der Waals surface area contributed by atoms with Gasteiger partial charge in [0.05, 0.1) is 17.1 Å². The van der Waals surface area contributed by atoms with E-state index in [9.17, 15) is 0 Å². The molecule has 8 nitrogen and oxygen atoms in total. The molecule has 0 bridgehead atoms. The van der Waals surface area contributed by atoms with Crippen LogP contribution in [0.4, 0.5) is 0 Å². The van der Waals surface area contributed by atoms with Crippen LogP contribution in [0, 0.1) is 6.92 Å². The summed E-state index contributed by atoms with van der Waals surface area (Å²) in [4.78, 5) is 0. The fraction of sp³-hybridized carbons (Fsp3) is 0.125. The van der Waals surface area contributed by atoms with E-state index in [1.807, 2.05) is 61.5 Å². The van der Waals surface area contributed by atoms with Crippen LogP contribution in [0.25, 0.3) is 11.4 Å². The number of benzene rings is 2. The van der Waals surface area contributed by atoms with Crippen molar-refractivity contribution in [1.82, 2.24) is 40.4 Å². The Balaban J connectivity index is 1.56. The number of thioether (sulfide) groups is 1. The Morgan fingerprint density at radius 1 is 0.840 bits per heavy atom. The second-order valence-electron chi connectivity index (χ2n) is 5.34. The second-order valence-corrected chi connectivity index (χ2v) is 6.29. The molecular formula is C16H14N8S. The van der Waals surface area contributed by atoms with E-state index >= 15 is 0 Å². The summed E-state index contributed by atoms with van der Waals surface area (Å²) in [6.07, 6.45) is 0. The first-order chi connectivity index (χ1) is 12.3. The van der Waals surface area contributed by atoms with Crippen molar-refractivity contribution in [3.05, 3.63) is 66.0 Å². The molecule has 2 aromatic heterocycles. The molecule has 0 saturated heterocycles. The van der Waals surface area contributed by atoms with Crippen LogP contribution in [0.5, 0.6) is 0 Å². The number of para-hydroxylation sites is 1. The first-order valence-corrected chi connectivity index (χ1v) is 8.61. The molecule has 4 rings (SSSR count). The van der Waals surface area contributed by atoms with Crippen molar-refractivity contribution < 1.29 is 0 Å². The van der Waals surface area contributed by atoms with E-state index in [0.717, 1.165) is 22.8 Å². The fourth-order valence-corrected chi connectivity index (χ4v) is 3.18. The van der Waals surface area contributed by atoms with Gasteiger partial charge in [0.1, 0.15) is 0 Å².